The van der Waals surface area contributed by atoms with Gasteiger partial charge in [-0.05, 0) is 68.9 Å². The number of piperidine rings is 3. The molecule has 0 N–H and O–H groups in total. The maximum atomic E-state index is 13.2. The molecule has 4 nitrogen and oxygen atoms in total. The molecule has 3 aliphatic heterocycles. The average Bonchev–Trinajstić information content (AvgIpc) is 2.67. The first kappa shape index (κ1) is 19.5. The SMILES string of the molecule is Cc1cccc(C(=O)N2C[C@H]3C[C@@H](C2)[C@H](CCC(C)C)N2C(=O)CCC[C@@H]32)c1. The third kappa shape index (κ3) is 3.70. The van der Waals surface area contributed by atoms with Crippen molar-refractivity contribution >= 4 is 11.8 Å². The largest absolute Gasteiger partial charge is 0.338 e. The Balaban J connectivity index is 1.58. The molecule has 3 heterocycles. The van der Waals surface area contributed by atoms with Gasteiger partial charge in [0.15, 0.2) is 0 Å². The van der Waals surface area contributed by atoms with Gasteiger partial charge >= 0.3 is 0 Å². The van der Waals surface area contributed by atoms with Gasteiger partial charge in [0.1, 0.15) is 0 Å². The van der Waals surface area contributed by atoms with Gasteiger partial charge < -0.3 is 9.80 Å². The van der Waals surface area contributed by atoms with Gasteiger partial charge in [-0.25, -0.2) is 0 Å². The van der Waals surface area contributed by atoms with Gasteiger partial charge in [-0.3, -0.25) is 9.59 Å². The fraction of sp³-hybridized carbons (Fsp3) is 0.667. The standard InChI is InChI=1S/C24H34N2O2/c1-16(2)10-11-22-20-13-19(21-8-5-9-23(27)26(21)22)14-25(15-20)24(28)18-7-4-6-17(3)12-18/h4,6-7,12,16,19-22H,5,8-11,13-15H2,1-3H3/t19-,20+,21+,22+/m1/s1. The highest BCUT2D eigenvalue weighted by atomic mass is 16.2. The third-order valence-corrected chi connectivity index (χ3v) is 7.09. The summed E-state index contributed by atoms with van der Waals surface area (Å²) in [5.74, 6) is 2.02. The minimum absolute atomic E-state index is 0.164. The number of nitrogens with zero attached hydrogens (tertiary/aromatic N) is 2. The molecular weight excluding hydrogens is 348 g/mol. The molecule has 0 radical (unpaired) electrons. The Labute approximate surface area is 169 Å². The number of benzene rings is 1. The van der Waals surface area contributed by atoms with Crippen molar-refractivity contribution in [3.63, 3.8) is 0 Å². The second kappa shape index (κ2) is 7.88. The molecule has 0 unspecified atom stereocenters. The summed E-state index contributed by atoms with van der Waals surface area (Å²) in [6.45, 7) is 8.15. The molecule has 3 fully saturated rings. The quantitative estimate of drug-likeness (QED) is 0.780. The Kier molecular flexibility index (Phi) is 5.48. The van der Waals surface area contributed by atoms with Crippen LogP contribution in [0.15, 0.2) is 24.3 Å². The number of hydrogen-bond acceptors (Lipinski definition) is 2. The van der Waals surface area contributed by atoms with Crippen LogP contribution in [0.1, 0.15) is 68.3 Å². The van der Waals surface area contributed by atoms with Gasteiger partial charge in [-0.2, -0.15) is 0 Å². The monoisotopic (exact) mass is 382 g/mol. The molecule has 3 aliphatic rings. The molecule has 2 amide bonds. The van der Waals surface area contributed by atoms with Crippen LogP contribution in [0, 0.1) is 24.7 Å². The van der Waals surface area contributed by atoms with Crippen LogP contribution in [-0.4, -0.2) is 46.8 Å². The molecule has 3 saturated heterocycles. The smallest absolute Gasteiger partial charge is 0.253 e. The van der Waals surface area contributed by atoms with Crippen molar-refractivity contribution < 1.29 is 9.59 Å². The van der Waals surface area contributed by atoms with E-state index in [-0.39, 0.29) is 5.91 Å². The minimum Gasteiger partial charge on any atom is -0.338 e. The topological polar surface area (TPSA) is 40.6 Å². The number of aryl methyl sites for hydroxylation is 1. The van der Waals surface area contributed by atoms with Gasteiger partial charge in [-0.15, -0.1) is 0 Å². The van der Waals surface area contributed by atoms with Gasteiger partial charge in [0.05, 0.1) is 0 Å². The zero-order chi connectivity index (χ0) is 19.8. The summed E-state index contributed by atoms with van der Waals surface area (Å²) in [4.78, 5) is 30.4. The molecule has 0 spiro atoms. The number of carbonyl (C=O) groups excluding carboxylic acids is 2. The van der Waals surface area contributed by atoms with Gasteiger partial charge in [0.25, 0.3) is 5.91 Å². The summed E-state index contributed by atoms with van der Waals surface area (Å²) >= 11 is 0. The Bertz CT molecular complexity index is 744. The first-order valence-electron chi connectivity index (χ1n) is 11.1. The highest BCUT2D eigenvalue weighted by Crippen LogP contribution is 2.43. The van der Waals surface area contributed by atoms with E-state index in [0.29, 0.717) is 42.2 Å². The van der Waals surface area contributed by atoms with E-state index in [1.54, 1.807) is 0 Å². The molecule has 0 aliphatic carbocycles. The highest BCUT2D eigenvalue weighted by molar-refractivity contribution is 5.94. The van der Waals surface area contributed by atoms with Crippen LogP contribution in [0.4, 0.5) is 0 Å². The van der Waals surface area contributed by atoms with Gasteiger partial charge in [0, 0.05) is 37.2 Å². The zero-order valence-corrected chi connectivity index (χ0v) is 17.6. The van der Waals surface area contributed by atoms with Crippen molar-refractivity contribution in [2.45, 2.75) is 71.4 Å². The zero-order valence-electron chi connectivity index (χ0n) is 17.6. The van der Waals surface area contributed by atoms with E-state index in [1.807, 2.05) is 31.2 Å². The van der Waals surface area contributed by atoms with Crippen molar-refractivity contribution in [2.75, 3.05) is 13.1 Å². The number of amides is 2. The molecule has 152 valence electrons. The van der Waals surface area contributed by atoms with Gasteiger partial charge in [0.2, 0.25) is 5.91 Å². The molecule has 2 bridgehead atoms. The molecular formula is C24H34N2O2. The minimum atomic E-state index is 0.164. The Morgan fingerprint density at radius 2 is 2.00 bits per heavy atom. The second-order valence-corrected chi connectivity index (χ2v) is 9.63. The number of likely N-dealkylation sites (tertiary alicyclic amines) is 1. The summed E-state index contributed by atoms with van der Waals surface area (Å²) in [5.41, 5.74) is 1.93. The predicted molar refractivity (Wildman–Crippen MR) is 111 cm³/mol. The Hall–Kier alpha value is -1.84. The number of carbonyl (C=O) groups is 2. The first-order chi connectivity index (χ1) is 13.4. The van der Waals surface area contributed by atoms with E-state index in [4.69, 9.17) is 0 Å². The van der Waals surface area contributed by atoms with Crippen molar-refractivity contribution in [3.05, 3.63) is 35.4 Å². The summed E-state index contributed by atoms with van der Waals surface area (Å²) in [5, 5.41) is 0. The van der Waals surface area contributed by atoms with E-state index in [9.17, 15) is 9.59 Å². The van der Waals surface area contributed by atoms with E-state index in [1.165, 1.54) is 6.42 Å². The van der Waals surface area contributed by atoms with Crippen LogP contribution < -0.4 is 0 Å². The summed E-state index contributed by atoms with van der Waals surface area (Å²) in [7, 11) is 0. The molecule has 4 atom stereocenters. The molecule has 0 aromatic heterocycles. The predicted octanol–water partition coefficient (Wildman–Crippen LogP) is 4.27. The van der Waals surface area contributed by atoms with Crippen LogP contribution in [0.25, 0.3) is 0 Å². The van der Waals surface area contributed by atoms with Crippen molar-refractivity contribution in [2.24, 2.45) is 17.8 Å². The van der Waals surface area contributed by atoms with Crippen LogP contribution in [-0.2, 0) is 4.79 Å². The van der Waals surface area contributed by atoms with E-state index < -0.39 is 0 Å². The van der Waals surface area contributed by atoms with Crippen LogP contribution in [0.5, 0.6) is 0 Å². The first-order valence-corrected chi connectivity index (χ1v) is 11.1. The Morgan fingerprint density at radius 1 is 1.21 bits per heavy atom. The lowest BCUT2D eigenvalue weighted by Gasteiger charge is -2.57. The van der Waals surface area contributed by atoms with E-state index in [2.05, 4.69) is 23.6 Å². The van der Waals surface area contributed by atoms with Crippen molar-refractivity contribution in [1.82, 2.24) is 9.80 Å². The summed E-state index contributed by atoms with van der Waals surface area (Å²) in [6, 6.07) is 8.59. The maximum Gasteiger partial charge on any atom is 0.253 e. The lowest BCUT2D eigenvalue weighted by atomic mass is 9.70. The number of hydrogen-bond donors (Lipinski definition) is 0. The normalized spacial score (nSPS) is 29.8. The molecule has 4 rings (SSSR count). The molecule has 1 aromatic carbocycles. The van der Waals surface area contributed by atoms with Gasteiger partial charge in [-0.1, -0.05) is 31.5 Å². The second-order valence-electron chi connectivity index (χ2n) is 9.63. The lowest BCUT2D eigenvalue weighted by molar-refractivity contribution is -0.152. The molecule has 28 heavy (non-hydrogen) atoms. The molecule has 0 saturated carbocycles. The van der Waals surface area contributed by atoms with E-state index >= 15 is 0 Å². The highest BCUT2D eigenvalue weighted by Gasteiger charge is 2.49. The number of rotatable bonds is 4. The summed E-state index contributed by atoms with van der Waals surface area (Å²) < 4.78 is 0. The van der Waals surface area contributed by atoms with Crippen molar-refractivity contribution in [1.29, 1.82) is 0 Å². The third-order valence-electron chi connectivity index (χ3n) is 7.09. The van der Waals surface area contributed by atoms with Crippen LogP contribution in [0.3, 0.4) is 0 Å². The Morgan fingerprint density at radius 3 is 2.75 bits per heavy atom. The van der Waals surface area contributed by atoms with Crippen LogP contribution in [0.2, 0.25) is 0 Å². The number of fused-ring (bicyclic) bond motifs is 4. The fourth-order valence-electron chi connectivity index (χ4n) is 5.78. The summed E-state index contributed by atoms with van der Waals surface area (Å²) in [6.07, 6.45) is 6.21. The fourth-order valence-corrected chi connectivity index (χ4v) is 5.78. The molecule has 4 heteroatoms. The average molecular weight is 383 g/mol. The maximum absolute atomic E-state index is 13.2. The molecule has 1 aromatic rings. The lowest BCUT2D eigenvalue weighted by Crippen LogP contribution is -2.65. The van der Waals surface area contributed by atoms with Crippen molar-refractivity contribution in [3.8, 4) is 0 Å². The van der Waals surface area contributed by atoms with E-state index in [0.717, 1.165) is 49.9 Å². The van der Waals surface area contributed by atoms with Crippen LogP contribution >= 0.6 is 0 Å².